The van der Waals surface area contributed by atoms with Crippen LogP contribution >= 0.6 is 0 Å². The molecular formula is C20H16N2O4. The fourth-order valence-electron chi connectivity index (χ4n) is 2.69. The Morgan fingerprint density at radius 1 is 1.23 bits per heavy atom. The van der Waals surface area contributed by atoms with Gasteiger partial charge in [0.25, 0.3) is 0 Å². The number of nitriles is 1. The summed E-state index contributed by atoms with van der Waals surface area (Å²) in [7, 11) is 1.18. The molecule has 0 amide bonds. The third-order valence-corrected chi connectivity index (χ3v) is 4.02. The number of para-hydroxylation sites is 1. The Kier molecular flexibility index (Phi) is 4.72. The number of fused-ring (bicyclic) bond motifs is 1. The fourth-order valence-corrected chi connectivity index (χ4v) is 2.69. The Morgan fingerprint density at radius 3 is 2.69 bits per heavy atom. The number of benzene rings is 2. The molecule has 0 fully saturated rings. The molecular weight excluding hydrogens is 332 g/mol. The summed E-state index contributed by atoms with van der Waals surface area (Å²) < 4.78 is 10.5. The number of rotatable bonds is 4. The molecule has 3 aromatic rings. The quantitative estimate of drug-likeness (QED) is 0.718. The monoisotopic (exact) mass is 348 g/mol. The van der Waals surface area contributed by atoms with E-state index >= 15 is 0 Å². The summed E-state index contributed by atoms with van der Waals surface area (Å²) in [6.07, 6.45) is 0.817. The van der Waals surface area contributed by atoms with Gasteiger partial charge < -0.3 is 14.6 Å². The molecule has 0 aliphatic carbocycles. The largest absolute Gasteiger partial charge is 0.505 e. The van der Waals surface area contributed by atoms with E-state index < -0.39 is 5.97 Å². The minimum absolute atomic E-state index is 0.00688. The van der Waals surface area contributed by atoms with Crippen LogP contribution in [0.15, 0.2) is 42.5 Å². The van der Waals surface area contributed by atoms with Crippen LogP contribution in [0.2, 0.25) is 0 Å². The Balaban J connectivity index is 2.12. The molecule has 0 unspecified atom stereocenters. The highest BCUT2D eigenvalue weighted by atomic mass is 16.5. The van der Waals surface area contributed by atoms with Crippen molar-refractivity contribution in [2.24, 2.45) is 0 Å². The molecule has 0 saturated heterocycles. The molecule has 0 aliphatic rings. The minimum Gasteiger partial charge on any atom is -0.505 e. The lowest BCUT2D eigenvalue weighted by Crippen LogP contribution is -2.06. The van der Waals surface area contributed by atoms with Gasteiger partial charge in [-0.2, -0.15) is 5.26 Å². The van der Waals surface area contributed by atoms with Gasteiger partial charge in [-0.1, -0.05) is 25.1 Å². The van der Waals surface area contributed by atoms with Crippen LogP contribution in [0.3, 0.4) is 0 Å². The number of aryl methyl sites for hydroxylation is 1. The van der Waals surface area contributed by atoms with E-state index in [0.29, 0.717) is 16.5 Å². The Morgan fingerprint density at radius 2 is 2.00 bits per heavy atom. The van der Waals surface area contributed by atoms with Crippen LogP contribution in [-0.4, -0.2) is 23.2 Å². The Hall–Kier alpha value is -3.59. The average Bonchev–Trinajstić information content (AvgIpc) is 2.68. The number of nitrogens with zero attached hydrogens (tertiary/aromatic N) is 2. The fraction of sp³-hybridized carbons (Fsp3) is 0.150. The smallest absolute Gasteiger partial charge is 0.360 e. The van der Waals surface area contributed by atoms with Gasteiger partial charge in [0.1, 0.15) is 23.3 Å². The molecule has 1 N–H and O–H groups in total. The lowest BCUT2D eigenvalue weighted by Gasteiger charge is -2.12. The zero-order valence-corrected chi connectivity index (χ0v) is 14.3. The van der Waals surface area contributed by atoms with Gasteiger partial charge in [-0.15, -0.1) is 0 Å². The van der Waals surface area contributed by atoms with Gasteiger partial charge >= 0.3 is 5.97 Å². The van der Waals surface area contributed by atoms with E-state index in [9.17, 15) is 15.2 Å². The molecule has 26 heavy (non-hydrogen) atoms. The number of pyridine rings is 1. The van der Waals surface area contributed by atoms with Crippen LogP contribution in [0.4, 0.5) is 0 Å². The SMILES string of the molecule is CCc1ccccc1Oc1ccc2c(O)c(C(=O)OC)nc(C#N)c2c1. The van der Waals surface area contributed by atoms with E-state index in [1.165, 1.54) is 7.11 Å². The molecule has 6 nitrogen and oxygen atoms in total. The van der Waals surface area contributed by atoms with Gasteiger partial charge in [0.15, 0.2) is 11.4 Å². The maximum Gasteiger partial charge on any atom is 0.360 e. The van der Waals surface area contributed by atoms with Gasteiger partial charge in [0.05, 0.1) is 7.11 Å². The number of aromatic nitrogens is 1. The van der Waals surface area contributed by atoms with Crippen molar-refractivity contribution < 1.29 is 19.4 Å². The van der Waals surface area contributed by atoms with Crippen LogP contribution in [0.5, 0.6) is 17.2 Å². The number of hydrogen-bond donors (Lipinski definition) is 1. The number of esters is 1. The molecule has 130 valence electrons. The molecule has 0 saturated carbocycles. The molecule has 6 heteroatoms. The van der Waals surface area contributed by atoms with Crippen LogP contribution in [0.25, 0.3) is 10.8 Å². The van der Waals surface area contributed by atoms with E-state index in [0.717, 1.165) is 17.7 Å². The summed E-state index contributed by atoms with van der Waals surface area (Å²) in [5.74, 6) is 0.0857. The van der Waals surface area contributed by atoms with Gasteiger partial charge in [-0.25, -0.2) is 9.78 Å². The predicted octanol–water partition coefficient (Wildman–Crippen LogP) is 3.95. The normalized spacial score (nSPS) is 10.3. The summed E-state index contributed by atoms with van der Waals surface area (Å²) in [5.41, 5.74) is 0.768. The number of hydrogen-bond acceptors (Lipinski definition) is 6. The zero-order valence-electron chi connectivity index (χ0n) is 14.3. The first-order valence-corrected chi connectivity index (χ1v) is 8.00. The van der Waals surface area contributed by atoms with Crippen molar-refractivity contribution in [1.29, 1.82) is 5.26 Å². The number of aromatic hydroxyl groups is 1. The Bertz CT molecular complexity index is 1040. The van der Waals surface area contributed by atoms with E-state index in [2.05, 4.69) is 9.72 Å². The maximum absolute atomic E-state index is 11.7. The summed E-state index contributed by atoms with van der Waals surface area (Å²) in [4.78, 5) is 15.7. The highest BCUT2D eigenvalue weighted by Crippen LogP contribution is 2.34. The lowest BCUT2D eigenvalue weighted by molar-refractivity contribution is 0.0590. The lowest BCUT2D eigenvalue weighted by atomic mass is 10.1. The van der Waals surface area contributed by atoms with E-state index in [-0.39, 0.29) is 17.1 Å². The topological polar surface area (TPSA) is 92.4 Å². The second kappa shape index (κ2) is 7.11. The second-order valence-corrected chi connectivity index (χ2v) is 5.53. The maximum atomic E-state index is 11.7. The number of carbonyl (C=O) groups excluding carboxylic acids is 1. The van der Waals surface area contributed by atoms with E-state index in [4.69, 9.17) is 4.74 Å². The van der Waals surface area contributed by atoms with E-state index in [1.807, 2.05) is 37.3 Å². The van der Waals surface area contributed by atoms with Crippen LogP contribution in [0.1, 0.15) is 28.7 Å². The van der Waals surface area contributed by atoms with Crippen LogP contribution in [0, 0.1) is 11.3 Å². The second-order valence-electron chi connectivity index (χ2n) is 5.53. The zero-order chi connectivity index (χ0) is 18.7. The summed E-state index contributed by atoms with van der Waals surface area (Å²) in [6.45, 7) is 2.03. The molecule has 1 aromatic heterocycles. The molecule has 3 rings (SSSR count). The van der Waals surface area contributed by atoms with Gasteiger partial charge in [-0.3, -0.25) is 0 Å². The van der Waals surface area contributed by atoms with Crippen molar-refractivity contribution in [2.45, 2.75) is 13.3 Å². The summed E-state index contributed by atoms with van der Waals surface area (Å²) in [5, 5.41) is 20.4. The van der Waals surface area contributed by atoms with Gasteiger partial charge in [0, 0.05) is 10.8 Å². The molecule has 0 atom stereocenters. The average molecular weight is 348 g/mol. The first kappa shape index (κ1) is 17.2. The van der Waals surface area contributed by atoms with Crippen molar-refractivity contribution in [3.63, 3.8) is 0 Å². The van der Waals surface area contributed by atoms with Crippen molar-refractivity contribution in [3.8, 4) is 23.3 Å². The minimum atomic E-state index is -0.807. The standard InChI is InChI=1S/C20H16N2O4/c1-3-12-6-4-5-7-17(12)26-13-8-9-14-15(10-13)16(11-21)22-18(19(14)23)20(24)25-2/h4-10,23H,3H2,1-2H3. The third kappa shape index (κ3) is 3.03. The highest BCUT2D eigenvalue weighted by Gasteiger charge is 2.20. The van der Waals surface area contributed by atoms with Crippen LogP contribution < -0.4 is 4.74 Å². The molecule has 0 bridgehead atoms. The molecule has 1 heterocycles. The van der Waals surface area contributed by atoms with Crippen molar-refractivity contribution in [1.82, 2.24) is 4.98 Å². The summed E-state index contributed by atoms with van der Waals surface area (Å²) in [6, 6.07) is 14.5. The van der Waals surface area contributed by atoms with E-state index in [1.54, 1.807) is 18.2 Å². The summed E-state index contributed by atoms with van der Waals surface area (Å²) >= 11 is 0. The first-order valence-electron chi connectivity index (χ1n) is 8.00. The molecule has 0 aliphatic heterocycles. The molecule has 2 aromatic carbocycles. The predicted molar refractivity (Wildman–Crippen MR) is 95.4 cm³/mol. The molecule has 0 spiro atoms. The molecule has 0 radical (unpaired) electrons. The third-order valence-electron chi connectivity index (χ3n) is 4.02. The highest BCUT2D eigenvalue weighted by molar-refractivity contribution is 6.01. The van der Waals surface area contributed by atoms with Gasteiger partial charge in [-0.05, 0) is 36.2 Å². The number of methoxy groups -OCH3 is 1. The van der Waals surface area contributed by atoms with Crippen LogP contribution in [-0.2, 0) is 11.2 Å². The Labute approximate surface area is 150 Å². The van der Waals surface area contributed by atoms with Gasteiger partial charge in [0.2, 0.25) is 0 Å². The first-order chi connectivity index (χ1) is 12.6. The van der Waals surface area contributed by atoms with Crippen molar-refractivity contribution in [2.75, 3.05) is 7.11 Å². The van der Waals surface area contributed by atoms with Crippen molar-refractivity contribution in [3.05, 3.63) is 59.4 Å². The number of carbonyl (C=O) groups is 1. The van der Waals surface area contributed by atoms with Crippen molar-refractivity contribution >= 4 is 16.7 Å². The number of ether oxygens (including phenoxy) is 2.